The maximum atomic E-state index is 12.2. The lowest BCUT2D eigenvalue weighted by molar-refractivity contribution is -0.135. The van der Waals surface area contributed by atoms with Gasteiger partial charge in [0.25, 0.3) is 0 Å². The van der Waals surface area contributed by atoms with Gasteiger partial charge in [-0.2, -0.15) is 13.2 Å². The molecule has 7 heteroatoms. The van der Waals surface area contributed by atoms with Crippen molar-refractivity contribution in [3.63, 3.8) is 0 Å². The summed E-state index contributed by atoms with van der Waals surface area (Å²) < 4.78 is 38.4. The Kier molecular flexibility index (Phi) is 5.04. The molecule has 0 N–H and O–H groups in total. The first-order valence-electron chi connectivity index (χ1n) is 6.65. The summed E-state index contributed by atoms with van der Waals surface area (Å²) >= 11 is 12.3. The quantitative estimate of drug-likeness (QED) is 0.503. The average Bonchev–Trinajstić information content (AvgIpc) is 2.74. The number of alkyl halides is 4. The molecule has 1 atom stereocenters. The molecule has 0 saturated heterocycles. The molecule has 0 spiro atoms. The summed E-state index contributed by atoms with van der Waals surface area (Å²) in [6.07, 6.45) is -4.42. The van der Waals surface area contributed by atoms with Crippen molar-refractivity contribution in [1.82, 2.24) is 9.55 Å². The van der Waals surface area contributed by atoms with Gasteiger partial charge in [-0.05, 0) is 31.9 Å². The number of hydrogen-bond acceptors (Lipinski definition) is 1. The summed E-state index contributed by atoms with van der Waals surface area (Å²) in [5, 5.41) is 0.190. The molecule has 0 saturated carbocycles. The van der Waals surface area contributed by atoms with E-state index in [9.17, 15) is 13.2 Å². The van der Waals surface area contributed by atoms with Crippen LogP contribution < -0.4 is 0 Å². The summed E-state index contributed by atoms with van der Waals surface area (Å²) in [4.78, 5) is 4.42. The van der Waals surface area contributed by atoms with Gasteiger partial charge in [0.15, 0.2) is 0 Å². The van der Waals surface area contributed by atoms with Gasteiger partial charge < -0.3 is 4.57 Å². The number of nitrogens with zero attached hydrogens (tertiary/aromatic N) is 2. The van der Waals surface area contributed by atoms with E-state index in [-0.39, 0.29) is 11.8 Å². The fourth-order valence-electron chi connectivity index (χ4n) is 2.29. The van der Waals surface area contributed by atoms with Crippen LogP contribution in [0.4, 0.5) is 13.2 Å². The van der Waals surface area contributed by atoms with Gasteiger partial charge in [0.2, 0.25) is 0 Å². The van der Waals surface area contributed by atoms with Crippen LogP contribution in [0.3, 0.4) is 0 Å². The summed E-state index contributed by atoms with van der Waals surface area (Å²) in [6.45, 7) is 2.20. The van der Waals surface area contributed by atoms with Crippen molar-refractivity contribution in [2.75, 3.05) is 0 Å². The zero-order chi connectivity index (χ0) is 15.6. The molecule has 1 unspecified atom stereocenters. The second-order valence-electron chi connectivity index (χ2n) is 4.92. The zero-order valence-corrected chi connectivity index (χ0v) is 12.9. The molecule has 21 heavy (non-hydrogen) atoms. The first kappa shape index (κ1) is 16.4. The summed E-state index contributed by atoms with van der Waals surface area (Å²) in [6, 6.07) is 5.34. The number of aromatic nitrogens is 2. The number of para-hydroxylation sites is 1. The van der Waals surface area contributed by atoms with E-state index in [1.165, 1.54) is 0 Å². The average molecular weight is 339 g/mol. The number of fused-ring (bicyclic) bond motifs is 1. The molecule has 2 rings (SSSR count). The van der Waals surface area contributed by atoms with Gasteiger partial charge in [-0.25, -0.2) is 4.98 Å². The van der Waals surface area contributed by atoms with Crippen molar-refractivity contribution < 1.29 is 13.2 Å². The zero-order valence-electron chi connectivity index (χ0n) is 11.4. The van der Waals surface area contributed by atoms with Crippen LogP contribution in [0.15, 0.2) is 18.2 Å². The molecule has 0 aliphatic rings. The van der Waals surface area contributed by atoms with Gasteiger partial charge in [-0.3, -0.25) is 0 Å². The van der Waals surface area contributed by atoms with Crippen molar-refractivity contribution in [3.8, 4) is 0 Å². The lowest BCUT2D eigenvalue weighted by atomic mass is 10.2. The first-order valence-corrected chi connectivity index (χ1v) is 7.46. The lowest BCUT2D eigenvalue weighted by Crippen LogP contribution is -2.09. The Morgan fingerprint density at radius 2 is 2.00 bits per heavy atom. The van der Waals surface area contributed by atoms with E-state index in [0.29, 0.717) is 29.3 Å². The Labute approximate surface area is 130 Å². The van der Waals surface area contributed by atoms with Crippen LogP contribution in [-0.4, -0.2) is 15.7 Å². The highest BCUT2D eigenvalue weighted by atomic mass is 35.5. The first-order chi connectivity index (χ1) is 9.79. The number of hydrogen-bond donors (Lipinski definition) is 0. The van der Waals surface area contributed by atoms with Gasteiger partial charge in [0, 0.05) is 13.0 Å². The van der Waals surface area contributed by atoms with Crippen LogP contribution in [-0.2, 0) is 6.54 Å². The van der Waals surface area contributed by atoms with Crippen LogP contribution >= 0.6 is 23.2 Å². The highest BCUT2D eigenvalue weighted by Crippen LogP contribution is 2.30. The highest BCUT2D eigenvalue weighted by Gasteiger charge is 2.26. The second-order valence-corrected chi connectivity index (χ2v) is 5.98. The van der Waals surface area contributed by atoms with E-state index in [0.717, 1.165) is 5.52 Å². The van der Waals surface area contributed by atoms with E-state index >= 15 is 0 Å². The minimum atomic E-state index is -4.11. The Bertz CT molecular complexity index is 620. The molecule has 2 aromatic rings. The summed E-state index contributed by atoms with van der Waals surface area (Å²) in [7, 11) is 0. The third kappa shape index (κ3) is 4.04. The third-order valence-electron chi connectivity index (χ3n) is 3.19. The second kappa shape index (κ2) is 6.44. The molecule has 0 aliphatic heterocycles. The number of unbranched alkanes of at least 4 members (excludes halogenated alkanes) is 1. The van der Waals surface area contributed by atoms with Crippen LogP contribution in [0.25, 0.3) is 11.0 Å². The molecule has 0 amide bonds. The molecule has 1 aromatic heterocycles. The molecule has 0 aliphatic carbocycles. The predicted molar refractivity (Wildman–Crippen MR) is 78.9 cm³/mol. The summed E-state index contributed by atoms with van der Waals surface area (Å²) in [5.74, 6) is 0.631. The molecular formula is C14H15Cl2F3N2. The van der Waals surface area contributed by atoms with Crippen LogP contribution in [0.2, 0.25) is 5.02 Å². The fourth-order valence-corrected chi connectivity index (χ4v) is 2.72. The molecule has 1 heterocycles. The Balaban J connectivity index is 2.22. The van der Waals surface area contributed by atoms with E-state index < -0.39 is 12.6 Å². The number of aryl methyl sites for hydroxylation is 1. The Hall–Kier alpha value is -0.940. The van der Waals surface area contributed by atoms with Crippen molar-refractivity contribution in [2.45, 2.75) is 44.3 Å². The third-order valence-corrected chi connectivity index (χ3v) is 3.69. The molecule has 0 radical (unpaired) electrons. The van der Waals surface area contributed by atoms with Crippen LogP contribution in [0.1, 0.15) is 37.4 Å². The monoisotopic (exact) mass is 338 g/mol. The minimum absolute atomic E-state index is 0.0731. The van der Waals surface area contributed by atoms with Crippen molar-refractivity contribution in [3.05, 3.63) is 29.0 Å². The lowest BCUT2D eigenvalue weighted by Gasteiger charge is -2.12. The fraction of sp³-hybridized carbons (Fsp3) is 0.500. The van der Waals surface area contributed by atoms with E-state index in [4.69, 9.17) is 23.2 Å². The molecule has 0 bridgehead atoms. The standard InChI is InChI=1S/C14H15Cl2F3N2/c1-9(15)13-20-11-6-4-5-10(16)12(11)21(13)8-3-2-7-14(17,18)19/h4-6,9H,2-3,7-8H2,1H3. The number of benzene rings is 1. The van der Waals surface area contributed by atoms with Crippen molar-refractivity contribution in [1.29, 1.82) is 0 Å². The molecule has 0 fully saturated rings. The smallest absolute Gasteiger partial charge is 0.326 e. The van der Waals surface area contributed by atoms with Crippen LogP contribution in [0.5, 0.6) is 0 Å². The summed E-state index contributed by atoms with van der Waals surface area (Å²) in [5.41, 5.74) is 1.44. The molecular weight excluding hydrogens is 324 g/mol. The van der Waals surface area contributed by atoms with Crippen molar-refractivity contribution >= 4 is 34.2 Å². The molecule has 2 nitrogen and oxygen atoms in total. The molecule has 1 aromatic carbocycles. The maximum absolute atomic E-state index is 12.2. The van der Waals surface area contributed by atoms with Gasteiger partial charge in [0.05, 0.1) is 21.4 Å². The van der Waals surface area contributed by atoms with Crippen LogP contribution in [0, 0.1) is 0 Å². The minimum Gasteiger partial charge on any atom is -0.326 e. The number of imidazole rings is 1. The van der Waals surface area contributed by atoms with E-state index in [2.05, 4.69) is 4.98 Å². The van der Waals surface area contributed by atoms with E-state index in [1.54, 1.807) is 19.1 Å². The largest absolute Gasteiger partial charge is 0.389 e. The topological polar surface area (TPSA) is 17.8 Å². The predicted octanol–water partition coefficient (Wildman–Crippen LogP) is 5.72. The van der Waals surface area contributed by atoms with Gasteiger partial charge in [0.1, 0.15) is 5.82 Å². The van der Waals surface area contributed by atoms with E-state index in [1.807, 2.05) is 10.6 Å². The van der Waals surface area contributed by atoms with Gasteiger partial charge >= 0.3 is 6.18 Å². The van der Waals surface area contributed by atoms with Crippen molar-refractivity contribution in [2.24, 2.45) is 0 Å². The van der Waals surface area contributed by atoms with Gasteiger partial charge in [-0.1, -0.05) is 17.7 Å². The number of rotatable bonds is 5. The normalized spacial score (nSPS) is 13.8. The van der Waals surface area contributed by atoms with Gasteiger partial charge in [-0.15, -0.1) is 11.6 Å². The number of halogens is 5. The molecule has 116 valence electrons. The maximum Gasteiger partial charge on any atom is 0.389 e. The Morgan fingerprint density at radius 3 is 2.62 bits per heavy atom. The SMILES string of the molecule is CC(Cl)c1nc2cccc(Cl)c2n1CCCCC(F)(F)F. The highest BCUT2D eigenvalue weighted by molar-refractivity contribution is 6.35. The Morgan fingerprint density at radius 1 is 1.29 bits per heavy atom.